The second-order valence-electron chi connectivity index (χ2n) is 5.51. The third kappa shape index (κ3) is 2.60. The van der Waals surface area contributed by atoms with Crippen molar-refractivity contribution < 1.29 is 14.3 Å². The molecule has 0 radical (unpaired) electrons. The van der Waals surface area contributed by atoms with Gasteiger partial charge in [0.2, 0.25) is 0 Å². The third-order valence-corrected chi connectivity index (χ3v) is 5.52. The molecule has 0 atom stereocenters. The van der Waals surface area contributed by atoms with Crippen LogP contribution >= 0.6 is 22.9 Å². The smallest absolute Gasteiger partial charge is 0.267 e. The largest absolute Gasteiger partial charge is 0.486 e. The number of carbonyl (C=O) groups is 1. The lowest BCUT2D eigenvalue weighted by molar-refractivity contribution is 0.103. The molecule has 6 heteroatoms. The number of ether oxygens (including phenoxy) is 2. The molecular formula is C18H14ClNO3S. The molecule has 24 heavy (non-hydrogen) atoms. The number of nitrogens with one attached hydrogen (secondary N) is 1. The molecule has 4 rings (SSSR count). The number of anilines is 1. The van der Waals surface area contributed by atoms with Gasteiger partial charge in [0.25, 0.3) is 5.91 Å². The Morgan fingerprint density at radius 3 is 2.75 bits per heavy atom. The second kappa shape index (κ2) is 6.00. The third-order valence-electron chi connectivity index (χ3n) is 3.87. The molecule has 122 valence electrons. The van der Waals surface area contributed by atoms with Gasteiger partial charge >= 0.3 is 0 Å². The minimum Gasteiger partial charge on any atom is -0.486 e. The van der Waals surface area contributed by atoms with Crippen LogP contribution in [0, 0.1) is 6.92 Å². The first-order valence-electron chi connectivity index (χ1n) is 7.52. The molecule has 0 unspecified atom stereocenters. The number of fused-ring (bicyclic) bond motifs is 2. The van der Waals surface area contributed by atoms with Crippen LogP contribution in [0.4, 0.5) is 5.69 Å². The van der Waals surface area contributed by atoms with Crippen LogP contribution in [0.2, 0.25) is 5.02 Å². The van der Waals surface area contributed by atoms with E-state index in [0.717, 1.165) is 15.6 Å². The van der Waals surface area contributed by atoms with E-state index in [1.807, 2.05) is 25.1 Å². The lowest BCUT2D eigenvalue weighted by atomic mass is 10.1. The van der Waals surface area contributed by atoms with Crippen LogP contribution < -0.4 is 14.8 Å². The summed E-state index contributed by atoms with van der Waals surface area (Å²) in [4.78, 5) is 13.1. The molecule has 1 N–H and O–H groups in total. The van der Waals surface area contributed by atoms with Crippen molar-refractivity contribution in [1.82, 2.24) is 0 Å². The van der Waals surface area contributed by atoms with E-state index in [9.17, 15) is 4.79 Å². The molecule has 2 heterocycles. The molecule has 1 aromatic heterocycles. The van der Waals surface area contributed by atoms with E-state index >= 15 is 0 Å². The summed E-state index contributed by atoms with van der Waals surface area (Å²) in [6.45, 7) is 3.03. The van der Waals surface area contributed by atoms with Crippen LogP contribution in [-0.4, -0.2) is 19.1 Å². The van der Waals surface area contributed by atoms with Crippen LogP contribution in [-0.2, 0) is 0 Å². The highest BCUT2D eigenvalue weighted by molar-refractivity contribution is 7.21. The van der Waals surface area contributed by atoms with E-state index in [1.165, 1.54) is 11.3 Å². The lowest BCUT2D eigenvalue weighted by Crippen LogP contribution is -2.16. The summed E-state index contributed by atoms with van der Waals surface area (Å²) in [5.41, 5.74) is 1.71. The summed E-state index contributed by atoms with van der Waals surface area (Å²) in [5.74, 6) is 1.10. The molecule has 0 bridgehead atoms. The number of thiophene rings is 1. The Morgan fingerprint density at radius 2 is 1.96 bits per heavy atom. The van der Waals surface area contributed by atoms with Gasteiger partial charge in [-0.2, -0.15) is 0 Å². The summed E-state index contributed by atoms with van der Waals surface area (Å²) in [6, 6.07) is 11.3. The topological polar surface area (TPSA) is 47.6 Å². The average Bonchev–Trinajstić information content (AvgIpc) is 2.93. The molecule has 1 aliphatic rings. The molecule has 0 saturated heterocycles. The molecule has 3 aromatic rings. The van der Waals surface area contributed by atoms with E-state index in [2.05, 4.69) is 5.32 Å². The van der Waals surface area contributed by atoms with Crippen LogP contribution in [0.1, 0.15) is 15.2 Å². The standard InChI is InChI=1S/C18H14ClNO3S/c1-10-3-2-4-14-15(10)16(19)17(24-14)18(21)20-11-5-6-12-13(9-11)23-8-7-22-12/h2-6,9H,7-8H2,1H3,(H,20,21). The highest BCUT2D eigenvalue weighted by Crippen LogP contribution is 2.38. The van der Waals surface area contributed by atoms with Crippen molar-refractivity contribution in [3.8, 4) is 11.5 Å². The second-order valence-corrected chi connectivity index (χ2v) is 6.94. The fourth-order valence-corrected chi connectivity index (χ4v) is 4.31. The molecule has 1 amide bonds. The van der Waals surface area contributed by atoms with Crippen molar-refractivity contribution in [3.63, 3.8) is 0 Å². The zero-order chi connectivity index (χ0) is 16.7. The van der Waals surface area contributed by atoms with Crippen LogP contribution in [0.3, 0.4) is 0 Å². The Bertz CT molecular complexity index is 951. The summed E-state index contributed by atoms with van der Waals surface area (Å²) < 4.78 is 12.0. The summed E-state index contributed by atoms with van der Waals surface area (Å²) in [5, 5.41) is 4.33. The lowest BCUT2D eigenvalue weighted by Gasteiger charge is -2.18. The van der Waals surface area contributed by atoms with Crippen LogP contribution in [0.25, 0.3) is 10.1 Å². The monoisotopic (exact) mass is 359 g/mol. The molecule has 0 fully saturated rings. The predicted molar refractivity (Wildman–Crippen MR) is 97.0 cm³/mol. The Balaban J connectivity index is 1.65. The van der Waals surface area contributed by atoms with Gasteiger partial charge in [-0.25, -0.2) is 0 Å². The van der Waals surface area contributed by atoms with Crippen molar-refractivity contribution >= 4 is 44.6 Å². The predicted octanol–water partition coefficient (Wildman–Crippen LogP) is 4.89. The Kier molecular flexibility index (Phi) is 3.82. The number of amides is 1. The number of carbonyl (C=O) groups excluding carboxylic acids is 1. The molecular weight excluding hydrogens is 346 g/mol. The number of hydrogen-bond donors (Lipinski definition) is 1. The minimum atomic E-state index is -0.225. The van der Waals surface area contributed by atoms with Crippen molar-refractivity contribution in [2.24, 2.45) is 0 Å². The average molecular weight is 360 g/mol. The highest BCUT2D eigenvalue weighted by atomic mass is 35.5. The van der Waals surface area contributed by atoms with E-state index in [4.69, 9.17) is 21.1 Å². The van der Waals surface area contributed by atoms with Gasteiger partial charge in [-0.1, -0.05) is 23.7 Å². The van der Waals surface area contributed by atoms with Gasteiger partial charge in [0, 0.05) is 21.8 Å². The molecule has 4 nitrogen and oxygen atoms in total. The maximum atomic E-state index is 12.6. The van der Waals surface area contributed by atoms with Gasteiger partial charge in [-0.3, -0.25) is 4.79 Å². The first kappa shape index (κ1) is 15.3. The zero-order valence-electron chi connectivity index (χ0n) is 12.9. The van der Waals surface area contributed by atoms with Crippen molar-refractivity contribution in [2.45, 2.75) is 6.92 Å². The van der Waals surface area contributed by atoms with E-state index in [1.54, 1.807) is 18.2 Å². The maximum absolute atomic E-state index is 12.6. The number of benzene rings is 2. The number of hydrogen-bond acceptors (Lipinski definition) is 4. The first-order chi connectivity index (χ1) is 11.6. The highest BCUT2D eigenvalue weighted by Gasteiger charge is 2.19. The zero-order valence-corrected chi connectivity index (χ0v) is 14.5. The van der Waals surface area contributed by atoms with Crippen molar-refractivity contribution in [1.29, 1.82) is 0 Å². The van der Waals surface area contributed by atoms with E-state index in [-0.39, 0.29) is 5.91 Å². The maximum Gasteiger partial charge on any atom is 0.267 e. The fourth-order valence-electron chi connectivity index (χ4n) is 2.73. The Labute approximate surface area is 148 Å². The minimum absolute atomic E-state index is 0.225. The van der Waals surface area contributed by atoms with Gasteiger partial charge in [0.15, 0.2) is 11.5 Å². The van der Waals surface area contributed by atoms with Gasteiger partial charge in [-0.05, 0) is 30.7 Å². The number of rotatable bonds is 2. The summed E-state index contributed by atoms with van der Waals surface area (Å²) in [6.07, 6.45) is 0. The molecule has 1 aliphatic heterocycles. The van der Waals surface area contributed by atoms with Crippen LogP contribution in [0.15, 0.2) is 36.4 Å². The van der Waals surface area contributed by atoms with Gasteiger partial charge in [-0.15, -0.1) is 11.3 Å². The van der Waals surface area contributed by atoms with E-state index in [0.29, 0.717) is 40.3 Å². The Hall–Kier alpha value is -2.24. The first-order valence-corrected chi connectivity index (χ1v) is 8.71. The summed E-state index contributed by atoms with van der Waals surface area (Å²) >= 11 is 7.84. The molecule has 0 spiro atoms. The molecule has 2 aromatic carbocycles. The quantitative estimate of drug-likeness (QED) is 0.708. The van der Waals surface area contributed by atoms with Crippen molar-refractivity contribution in [3.05, 3.63) is 51.9 Å². The van der Waals surface area contributed by atoms with Crippen LogP contribution in [0.5, 0.6) is 11.5 Å². The fraction of sp³-hybridized carbons (Fsp3) is 0.167. The van der Waals surface area contributed by atoms with Gasteiger partial charge in [0.1, 0.15) is 18.1 Å². The van der Waals surface area contributed by atoms with E-state index < -0.39 is 0 Å². The molecule has 0 aliphatic carbocycles. The van der Waals surface area contributed by atoms with Gasteiger partial charge in [0.05, 0.1) is 5.02 Å². The van der Waals surface area contributed by atoms with Gasteiger partial charge < -0.3 is 14.8 Å². The number of aryl methyl sites for hydroxylation is 1. The normalized spacial score (nSPS) is 13.1. The SMILES string of the molecule is Cc1cccc2sc(C(=O)Nc3ccc4c(c3)OCCO4)c(Cl)c12. The molecule has 0 saturated carbocycles. The number of halogens is 1. The van der Waals surface area contributed by atoms with Crippen molar-refractivity contribution in [2.75, 3.05) is 18.5 Å². The Morgan fingerprint density at radius 1 is 1.17 bits per heavy atom. The summed E-state index contributed by atoms with van der Waals surface area (Å²) in [7, 11) is 0.